The summed E-state index contributed by atoms with van der Waals surface area (Å²) in [5.41, 5.74) is 1.56. The number of benzene rings is 2. The maximum absolute atomic E-state index is 14.4. The molecule has 0 saturated heterocycles. The van der Waals surface area contributed by atoms with Crippen molar-refractivity contribution in [3.63, 3.8) is 0 Å². The third kappa shape index (κ3) is 4.99. The van der Waals surface area contributed by atoms with Crippen LogP contribution < -0.4 is 15.4 Å². The Morgan fingerprint density at radius 3 is 2.68 bits per heavy atom. The number of ether oxygens (including phenoxy) is 1. The van der Waals surface area contributed by atoms with Crippen molar-refractivity contribution in [2.24, 2.45) is 7.05 Å². The molecule has 0 aliphatic carbocycles. The van der Waals surface area contributed by atoms with E-state index in [0.717, 1.165) is 10.8 Å². The van der Waals surface area contributed by atoms with Crippen LogP contribution in [0.1, 0.15) is 34.6 Å². The molecule has 2 atom stereocenters. The number of hydrogen-bond acceptors (Lipinski definition) is 6. The van der Waals surface area contributed by atoms with Crippen molar-refractivity contribution >= 4 is 22.5 Å². The highest BCUT2D eigenvalue weighted by atomic mass is 19.1. The lowest BCUT2D eigenvalue weighted by Gasteiger charge is -2.18. The van der Waals surface area contributed by atoms with Gasteiger partial charge in [-0.1, -0.05) is 12.1 Å². The summed E-state index contributed by atoms with van der Waals surface area (Å²) >= 11 is 0. The van der Waals surface area contributed by atoms with Crippen molar-refractivity contribution in [3.05, 3.63) is 83.6 Å². The molecule has 9 heteroatoms. The van der Waals surface area contributed by atoms with Crippen LogP contribution in [0.5, 0.6) is 5.75 Å². The smallest absolute Gasteiger partial charge is 0.252 e. The van der Waals surface area contributed by atoms with Gasteiger partial charge in [-0.05, 0) is 54.3 Å². The van der Waals surface area contributed by atoms with Crippen molar-refractivity contribution in [2.45, 2.75) is 19.0 Å². The lowest BCUT2D eigenvalue weighted by molar-refractivity contribution is 0.0942. The Kier molecular flexibility index (Phi) is 6.74. The maximum atomic E-state index is 14.4. The van der Waals surface area contributed by atoms with Gasteiger partial charge in [0, 0.05) is 36.4 Å². The average Bonchev–Trinajstić information content (AvgIpc) is 3.27. The second kappa shape index (κ2) is 9.88. The van der Waals surface area contributed by atoms with Gasteiger partial charge in [0.15, 0.2) is 11.6 Å². The minimum Gasteiger partial charge on any atom is -0.494 e. The van der Waals surface area contributed by atoms with E-state index in [1.165, 1.54) is 19.2 Å². The van der Waals surface area contributed by atoms with Crippen molar-refractivity contribution in [2.75, 3.05) is 19.0 Å². The molecule has 0 unspecified atom stereocenters. The second-order valence-electron chi connectivity index (χ2n) is 8.07. The van der Waals surface area contributed by atoms with Crippen LogP contribution in [0.4, 0.5) is 10.2 Å². The van der Waals surface area contributed by atoms with Crippen LogP contribution in [-0.2, 0) is 7.05 Å². The van der Waals surface area contributed by atoms with E-state index < -0.39 is 11.9 Å². The van der Waals surface area contributed by atoms with Crippen LogP contribution in [0.15, 0.2) is 60.9 Å². The van der Waals surface area contributed by atoms with Gasteiger partial charge in [0.1, 0.15) is 5.82 Å². The van der Waals surface area contributed by atoms with E-state index >= 15 is 0 Å². The summed E-state index contributed by atoms with van der Waals surface area (Å²) in [7, 11) is 3.17. The summed E-state index contributed by atoms with van der Waals surface area (Å²) in [6, 6.07) is 12.7. The number of fused-ring (bicyclic) bond motifs is 1. The van der Waals surface area contributed by atoms with Gasteiger partial charge in [0.2, 0.25) is 0 Å². The van der Waals surface area contributed by atoms with E-state index in [4.69, 9.17) is 4.74 Å². The molecule has 0 aliphatic heterocycles. The number of anilines is 1. The Morgan fingerprint density at radius 1 is 1.18 bits per heavy atom. The van der Waals surface area contributed by atoms with E-state index in [9.17, 15) is 14.3 Å². The number of amides is 1. The molecule has 2 heterocycles. The Hall–Kier alpha value is -3.98. The number of carbonyl (C=O) groups is 1. The first-order chi connectivity index (χ1) is 16.4. The van der Waals surface area contributed by atoms with Gasteiger partial charge >= 0.3 is 0 Å². The summed E-state index contributed by atoms with van der Waals surface area (Å²) in [6.45, 7) is 1.82. The Bertz CT molecular complexity index is 1320. The molecule has 8 nitrogen and oxygen atoms in total. The van der Waals surface area contributed by atoms with Crippen molar-refractivity contribution in [1.29, 1.82) is 0 Å². The van der Waals surface area contributed by atoms with Crippen molar-refractivity contribution in [3.8, 4) is 5.75 Å². The molecule has 3 N–H and O–H groups in total. The topological polar surface area (TPSA) is 101 Å². The number of methoxy groups -OCH3 is 1. The van der Waals surface area contributed by atoms with Crippen molar-refractivity contribution in [1.82, 2.24) is 20.1 Å². The molecular formula is C25H26FN5O3. The summed E-state index contributed by atoms with van der Waals surface area (Å²) < 4.78 is 21.1. The first-order valence-electron chi connectivity index (χ1n) is 10.8. The van der Waals surface area contributed by atoms with Gasteiger partial charge in [0.05, 0.1) is 25.5 Å². The summed E-state index contributed by atoms with van der Waals surface area (Å²) in [6.07, 6.45) is 3.47. The second-order valence-corrected chi connectivity index (χ2v) is 8.07. The number of pyridine rings is 1. The minimum atomic E-state index is -0.662. The van der Waals surface area contributed by atoms with Crippen LogP contribution in [0.3, 0.4) is 0 Å². The lowest BCUT2D eigenvalue weighted by Crippen LogP contribution is -2.29. The quantitative estimate of drug-likeness (QED) is 0.370. The normalized spacial score (nSPS) is 12.9. The third-order valence-electron chi connectivity index (χ3n) is 5.47. The first-order valence-corrected chi connectivity index (χ1v) is 10.8. The highest BCUT2D eigenvalue weighted by Crippen LogP contribution is 2.27. The summed E-state index contributed by atoms with van der Waals surface area (Å²) in [4.78, 5) is 17.6. The third-order valence-corrected chi connectivity index (χ3v) is 5.47. The van der Waals surface area contributed by atoms with Crippen LogP contribution in [0, 0.1) is 5.82 Å². The SMILES string of the molecule is COc1ccc([C@@H](NC(=O)c2ccc3cnc(N[C@@H](C)CO)cc3c2)c2ccn(C)n2)cc1F. The van der Waals surface area contributed by atoms with Gasteiger partial charge in [0.25, 0.3) is 5.91 Å². The van der Waals surface area contributed by atoms with Crippen LogP contribution in [0.25, 0.3) is 10.8 Å². The molecule has 0 aliphatic rings. The molecule has 0 bridgehead atoms. The van der Waals surface area contributed by atoms with E-state index in [2.05, 4.69) is 20.7 Å². The van der Waals surface area contributed by atoms with Crippen molar-refractivity contribution < 1.29 is 19.0 Å². The van der Waals surface area contributed by atoms with Gasteiger partial charge in [-0.25, -0.2) is 9.37 Å². The average molecular weight is 464 g/mol. The number of aromatic nitrogens is 3. The highest BCUT2D eigenvalue weighted by molar-refractivity contribution is 5.99. The van der Waals surface area contributed by atoms with E-state index in [0.29, 0.717) is 22.6 Å². The number of nitrogens with zero attached hydrogens (tertiary/aromatic N) is 3. The van der Waals surface area contributed by atoms with E-state index in [1.54, 1.807) is 48.4 Å². The molecule has 176 valence electrons. The molecule has 1 amide bonds. The number of aliphatic hydroxyl groups is 1. The van der Waals surface area contributed by atoms with Crippen LogP contribution >= 0.6 is 0 Å². The fourth-order valence-electron chi connectivity index (χ4n) is 3.65. The molecule has 4 rings (SSSR count). The maximum Gasteiger partial charge on any atom is 0.252 e. The summed E-state index contributed by atoms with van der Waals surface area (Å²) in [5, 5.41) is 21.5. The fraction of sp³-hybridized carbons (Fsp3) is 0.240. The van der Waals surface area contributed by atoms with E-state index in [-0.39, 0.29) is 24.3 Å². The predicted molar refractivity (Wildman–Crippen MR) is 127 cm³/mol. The first kappa shape index (κ1) is 23.2. The number of nitrogens with one attached hydrogen (secondary N) is 2. The zero-order valence-corrected chi connectivity index (χ0v) is 19.1. The molecule has 34 heavy (non-hydrogen) atoms. The molecule has 0 saturated carbocycles. The predicted octanol–water partition coefficient (Wildman–Crippen LogP) is 3.43. The monoisotopic (exact) mass is 463 g/mol. The number of aryl methyl sites for hydroxylation is 1. The van der Waals surface area contributed by atoms with Gasteiger partial charge in [-0.2, -0.15) is 5.10 Å². The molecular weight excluding hydrogens is 437 g/mol. The Labute approximate surface area is 196 Å². The fourth-order valence-corrected chi connectivity index (χ4v) is 3.65. The van der Waals surface area contributed by atoms with E-state index in [1.807, 2.05) is 19.1 Å². The van der Waals surface area contributed by atoms with Gasteiger partial charge in [-0.3, -0.25) is 9.48 Å². The van der Waals surface area contributed by atoms with Gasteiger partial charge in [-0.15, -0.1) is 0 Å². The zero-order valence-electron chi connectivity index (χ0n) is 19.1. The molecule has 0 fully saturated rings. The number of carbonyl (C=O) groups excluding carboxylic acids is 1. The minimum absolute atomic E-state index is 0.0248. The number of aliphatic hydroxyl groups excluding tert-OH is 1. The molecule has 0 spiro atoms. The Balaban J connectivity index is 1.65. The Morgan fingerprint density at radius 2 is 2.00 bits per heavy atom. The van der Waals surface area contributed by atoms with Crippen LogP contribution in [0.2, 0.25) is 0 Å². The summed E-state index contributed by atoms with van der Waals surface area (Å²) in [5.74, 6) is -0.126. The molecule has 2 aromatic heterocycles. The number of halogens is 1. The molecule has 2 aromatic carbocycles. The zero-order chi connectivity index (χ0) is 24.2. The highest BCUT2D eigenvalue weighted by Gasteiger charge is 2.22. The molecule has 0 radical (unpaired) electrons. The standard InChI is InChI=1S/C25H26FN5O3/c1-15(14-32)28-23-12-19-10-17(4-5-18(19)13-27-23)25(33)29-24(21-8-9-31(2)30-21)16-6-7-22(34-3)20(26)11-16/h4-13,15,24,32H,14H2,1-3H3,(H,27,28)(H,29,33)/t15-,24+/m0/s1. The number of hydrogen-bond donors (Lipinski definition) is 3. The largest absolute Gasteiger partial charge is 0.494 e. The molecule has 4 aromatic rings. The number of rotatable bonds is 8. The lowest BCUT2D eigenvalue weighted by atomic mass is 10.0. The van der Waals surface area contributed by atoms with Gasteiger partial charge < -0.3 is 20.5 Å². The van der Waals surface area contributed by atoms with Crippen LogP contribution in [-0.4, -0.2) is 45.5 Å².